The van der Waals surface area contributed by atoms with Gasteiger partial charge in [0.05, 0.1) is 11.3 Å². The van der Waals surface area contributed by atoms with E-state index >= 15 is 0 Å². The molecule has 2 heterocycles. The molecule has 2 aromatic carbocycles. The Morgan fingerprint density at radius 1 is 0.900 bits per heavy atom. The standard InChI is InChI=1S/C23H17N3O4/c27-22(16-10-11-24-21(14-16)26-12-4-5-13-26)25-20-15-18(8-9-19(20)23(28)29)30-17-6-2-1-3-7-17/h1-15H,(H,25,27)(H,28,29). The van der Waals surface area contributed by atoms with E-state index < -0.39 is 11.9 Å². The first-order chi connectivity index (χ1) is 14.6. The van der Waals surface area contributed by atoms with Crippen molar-refractivity contribution in [1.29, 1.82) is 0 Å². The zero-order valence-electron chi connectivity index (χ0n) is 15.7. The summed E-state index contributed by atoms with van der Waals surface area (Å²) in [6.45, 7) is 0. The van der Waals surface area contributed by atoms with Gasteiger partial charge in [0.15, 0.2) is 0 Å². The van der Waals surface area contributed by atoms with E-state index in [-0.39, 0.29) is 11.3 Å². The minimum atomic E-state index is -1.15. The van der Waals surface area contributed by atoms with Crippen molar-refractivity contribution in [3.05, 3.63) is 103 Å². The van der Waals surface area contributed by atoms with Crippen LogP contribution in [0.15, 0.2) is 91.4 Å². The minimum Gasteiger partial charge on any atom is -0.478 e. The topological polar surface area (TPSA) is 93.4 Å². The van der Waals surface area contributed by atoms with Crippen molar-refractivity contribution in [2.75, 3.05) is 5.32 Å². The first-order valence-corrected chi connectivity index (χ1v) is 9.11. The van der Waals surface area contributed by atoms with Gasteiger partial charge in [0.25, 0.3) is 5.91 Å². The Morgan fingerprint density at radius 2 is 1.67 bits per heavy atom. The summed E-state index contributed by atoms with van der Waals surface area (Å²) >= 11 is 0. The Bertz CT molecular complexity index is 1190. The molecule has 0 atom stereocenters. The summed E-state index contributed by atoms with van der Waals surface area (Å²) in [5.74, 6) is -0.0237. The molecular weight excluding hydrogens is 382 g/mol. The monoisotopic (exact) mass is 399 g/mol. The molecule has 4 rings (SSSR count). The number of carboxylic acid groups (broad SMARTS) is 1. The molecule has 0 aliphatic carbocycles. The molecule has 30 heavy (non-hydrogen) atoms. The number of aromatic carboxylic acids is 1. The van der Waals surface area contributed by atoms with Crippen LogP contribution >= 0.6 is 0 Å². The van der Waals surface area contributed by atoms with Gasteiger partial charge in [0, 0.05) is 30.2 Å². The van der Waals surface area contributed by atoms with Crippen LogP contribution in [-0.2, 0) is 0 Å². The first-order valence-electron chi connectivity index (χ1n) is 9.11. The highest BCUT2D eigenvalue weighted by Gasteiger charge is 2.16. The molecule has 7 nitrogen and oxygen atoms in total. The van der Waals surface area contributed by atoms with E-state index in [1.165, 1.54) is 18.3 Å². The van der Waals surface area contributed by atoms with Crippen LogP contribution in [0.1, 0.15) is 20.7 Å². The van der Waals surface area contributed by atoms with E-state index in [1.807, 2.05) is 42.7 Å². The van der Waals surface area contributed by atoms with Crippen LogP contribution in [0.2, 0.25) is 0 Å². The van der Waals surface area contributed by atoms with Gasteiger partial charge in [-0.3, -0.25) is 4.79 Å². The summed E-state index contributed by atoms with van der Waals surface area (Å²) in [5, 5.41) is 12.2. The van der Waals surface area contributed by atoms with E-state index in [2.05, 4.69) is 10.3 Å². The molecule has 4 aromatic rings. The van der Waals surface area contributed by atoms with E-state index in [0.717, 1.165) is 0 Å². The number of anilines is 1. The highest BCUT2D eigenvalue weighted by atomic mass is 16.5. The number of benzene rings is 2. The maximum Gasteiger partial charge on any atom is 0.337 e. The van der Waals surface area contributed by atoms with Gasteiger partial charge >= 0.3 is 5.97 Å². The molecule has 0 aliphatic rings. The second kappa shape index (κ2) is 8.32. The molecule has 0 spiro atoms. The number of aromatic nitrogens is 2. The second-order valence-electron chi connectivity index (χ2n) is 6.37. The number of carboxylic acids is 1. The van der Waals surface area contributed by atoms with Gasteiger partial charge < -0.3 is 19.7 Å². The van der Waals surface area contributed by atoms with E-state index in [1.54, 1.807) is 34.9 Å². The Hall–Kier alpha value is -4.39. The van der Waals surface area contributed by atoms with Gasteiger partial charge in [0.1, 0.15) is 17.3 Å². The maximum atomic E-state index is 12.8. The van der Waals surface area contributed by atoms with Crippen molar-refractivity contribution in [3.8, 4) is 17.3 Å². The van der Waals surface area contributed by atoms with E-state index in [4.69, 9.17) is 4.74 Å². The summed E-state index contributed by atoms with van der Waals surface area (Å²) in [6, 6.07) is 20.4. The van der Waals surface area contributed by atoms with Crippen LogP contribution < -0.4 is 10.1 Å². The number of pyridine rings is 1. The Kier molecular flexibility index (Phi) is 5.25. The fraction of sp³-hybridized carbons (Fsp3) is 0. The van der Waals surface area contributed by atoms with Gasteiger partial charge in [0.2, 0.25) is 0 Å². The molecule has 0 bridgehead atoms. The summed E-state index contributed by atoms with van der Waals surface area (Å²) in [6.07, 6.45) is 5.16. The van der Waals surface area contributed by atoms with E-state index in [9.17, 15) is 14.7 Å². The fourth-order valence-corrected chi connectivity index (χ4v) is 2.88. The second-order valence-corrected chi connectivity index (χ2v) is 6.37. The molecule has 148 valence electrons. The SMILES string of the molecule is O=C(Nc1cc(Oc2ccccc2)ccc1C(=O)O)c1ccnc(-n2cccc2)c1. The summed E-state index contributed by atoms with van der Waals surface area (Å²) in [7, 11) is 0. The van der Waals surface area contributed by atoms with Crippen molar-refractivity contribution >= 4 is 17.6 Å². The lowest BCUT2D eigenvalue weighted by Crippen LogP contribution is -2.15. The average Bonchev–Trinajstić information content (AvgIpc) is 3.29. The van der Waals surface area contributed by atoms with Crippen LogP contribution in [0.25, 0.3) is 5.82 Å². The maximum absolute atomic E-state index is 12.8. The lowest BCUT2D eigenvalue weighted by atomic mass is 10.1. The number of rotatable bonds is 6. The third-order valence-corrected chi connectivity index (χ3v) is 4.33. The number of carbonyl (C=O) groups is 2. The Morgan fingerprint density at radius 3 is 2.40 bits per heavy atom. The molecule has 7 heteroatoms. The van der Waals surface area contributed by atoms with Crippen molar-refractivity contribution < 1.29 is 19.4 Å². The molecule has 0 saturated heterocycles. The summed E-state index contributed by atoms with van der Waals surface area (Å²) in [4.78, 5) is 28.7. The zero-order valence-corrected chi connectivity index (χ0v) is 15.7. The van der Waals surface area contributed by atoms with Crippen molar-refractivity contribution in [1.82, 2.24) is 9.55 Å². The number of nitrogens with zero attached hydrogens (tertiary/aromatic N) is 2. The lowest BCUT2D eigenvalue weighted by molar-refractivity contribution is 0.0698. The van der Waals surface area contributed by atoms with Crippen molar-refractivity contribution in [2.24, 2.45) is 0 Å². The van der Waals surface area contributed by atoms with Crippen molar-refractivity contribution in [2.45, 2.75) is 0 Å². The minimum absolute atomic E-state index is 0.0385. The molecule has 0 unspecified atom stereocenters. The molecule has 2 N–H and O–H groups in total. The van der Waals surface area contributed by atoms with Crippen LogP contribution in [0.4, 0.5) is 5.69 Å². The highest BCUT2D eigenvalue weighted by molar-refractivity contribution is 6.08. The molecule has 1 amide bonds. The predicted octanol–water partition coefficient (Wildman–Crippen LogP) is 4.62. The number of para-hydroxylation sites is 1. The highest BCUT2D eigenvalue weighted by Crippen LogP contribution is 2.27. The van der Waals surface area contributed by atoms with Gasteiger partial charge in [-0.25, -0.2) is 9.78 Å². The number of ether oxygens (including phenoxy) is 1. The number of hydrogen-bond acceptors (Lipinski definition) is 4. The predicted molar refractivity (Wildman–Crippen MR) is 111 cm³/mol. The van der Waals surface area contributed by atoms with Gasteiger partial charge in [-0.1, -0.05) is 18.2 Å². The molecular formula is C23H17N3O4. The lowest BCUT2D eigenvalue weighted by Gasteiger charge is -2.12. The number of amides is 1. The Balaban J connectivity index is 1.61. The Labute approximate surface area is 172 Å². The molecule has 0 fully saturated rings. The normalized spacial score (nSPS) is 10.4. The van der Waals surface area contributed by atoms with Gasteiger partial charge in [-0.05, 0) is 48.5 Å². The third kappa shape index (κ3) is 4.20. The molecule has 0 radical (unpaired) electrons. The number of hydrogen-bond donors (Lipinski definition) is 2. The summed E-state index contributed by atoms with van der Waals surface area (Å²) in [5.41, 5.74) is 0.447. The summed E-state index contributed by atoms with van der Waals surface area (Å²) < 4.78 is 7.52. The smallest absolute Gasteiger partial charge is 0.337 e. The van der Waals surface area contributed by atoms with E-state index in [0.29, 0.717) is 22.9 Å². The quantitative estimate of drug-likeness (QED) is 0.494. The number of carbonyl (C=O) groups excluding carboxylic acids is 1. The molecule has 2 aromatic heterocycles. The van der Waals surface area contributed by atoms with Gasteiger partial charge in [-0.15, -0.1) is 0 Å². The fourth-order valence-electron chi connectivity index (χ4n) is 2.88. The third-order valence-electron chi connectivity index (χ3n) is 4.33. The zero-order chi connectivity index (χ0) is 20.9. The van der Waals surface area contributed by atoms with Crippen LogP contribution in [0.3, 0.4) is 0 Å². The largest absolute Gasteiger partial charge is 0.478 e. The van der Waals surface area contributed by atoms with Crippen LogP contribution in [-0.4, -0.2) is 26.5 Å². The molecule has 0 saturated carbocycles. The van der Waals surface area contributed by atoms with Crippen LogP contribution in [0, 0.1) is 0 Å². The van der Waals surface area contributed by atoms with Crippen LogP contribution in [0.5, 0.6) is 11.5 Å². The number of nitrogens with one attached hydrogen (secondary N) is 1. The molecule has 0 aliphatic heterocycles. The average molecular weight is 399 g/mol. The van der Waals surface area contributed by atoms with Gasteiger partial charge in [-0.2, -0.15) is 0 Å². The first kappa shape index (κ1) is 18.9. The van der Waals surface area contributed by atoms with Crippen molar-refractivity contribution in [3.63, 3.8) is 0 Å².